The number of benzene rings is 3. The zero-order valence-electron chi connectivity index (χ0n) is 22.6. The maximum absolute atomic E-state index is 13.8. The van der Waals surface area contributed by atoms with Crippen molar-refractivity contribution in [2.45, 2.75) is 59.4 Å². The van der Waals surface area contributed by atoms with E-state index in [9.17, 15) is 9.59 Å². The normalized spacial score (nSPS) is 11.0. The van der Waals surface area contributed by atoms with Gasteiger partial charge in [0.05, 0.1) is 6.54 Å². The molecule has 0 bridgehead atoms. The summed E-state index contributed by atoms with van der Waals surface area (Å²) in [6, 6.07) is 21.7. The van der Waals surface area contributed by atoms with Crippen molar-refractivity contribution in [3.63, 3.8) is 0 Å². The van der Waals surface area contributed by atoms with Crippen molar-refractivity contribution in [3.8, 4) is 0 Å². The predicted molar refractivity (Wildman–Crippen MR) is 150 cm³/mol. The summed E-state index contributed by atoms with van der Waals surface area (Å²) >= 11 is 0. The highest BCUT2D eigenvalue weighted by Crippen LogP contribution is 2.33. The predicted octanol–water partition coefficient (Wildman–Crippen LogP) is 7.44. The highest BCUT2D eigenvalue weighted by Gasteiger charge is 2.21. The molecule has 1 N–H and O–H groups in total. The summed E-state index contributed by atoms with van der Waals surface area (Å²) in [5.74, 6) is 0.508. The Hall–Kier alpha value is -3.60. The Morgan fingerprint density at radius 3 is 1.78 bits per heavy atom. The van der Waals surface area contributed by atoms with Gasteiger partial charge >= 0.3 is 6.03 Å². The van der Waals surface area contributed by atoms with E-state index >= 15 is 0 Å². The molecule has 36 heavy (non-hydrogen) atoms. The lowest BCUT2D eigenvalue weighted by atomic mass is 9.93. The van der Waals surface area contributed by atoms with Crippen molar-refractivity contribution in [1.82, 2.24) is 4.90 Å². The molecule has 3 amide bonds. The monoisotopic (exact) mass is 485 g/mol. The molecule has 0 aliphatic carbocycles. The van der Waals surface area contributed by atoms with Crippen LogP contribution in [-0.2, 0) is 13.0 Å². The van der Waals surface area contributed by atoms with Gasteiger partial charge in [-0.25, -0.2) is 4.79 Å². The molecular formula is C31H39N3O2. The van der Waals surface area contributed by atoms with E-state index in [1.165, 1.54) is 5.56 Å². The lowest BCUT2D eigenvalue weighted by molar-refractivity contribution is 0.0827. The molecule has 0 radical (unpaired) electrons. The molecule has 0 aliphatic rings. The van der Waals surface area contributed by atoms with Crippen molar-refractivity contribution in [2.24, 2.45) is 0 Å². The van der Waals surface area contributed by atoms with Gasteiger partial charge in [0.25, 0.3) is 5.91 Å². The third kappa shape index (κ3) is 6.34. The van der Waals surface area contributed by atoms with Gasteiger partial charge < -0.3 is 10.2 Å². The van der Waals surface area contributed by atoms with Crippen LogP contribution < -0.4 is 10.2 Å². The second-order valence-corrected chi connectivity index (χ2v) is 10.1. The molecule has 3 rings (SSSR count). The van der Waals surface area contributed by atoms with Crippen LogP contribution in [0.4, 0.5) is 16.2 Å². The number of carbonyl (C=O) groups is 2. The molecule has 0 fully saturated rings. The molecule has 0 aliphatic heterocycles. The molecule has 0 unspecified atom stereocenters. The molecule has 190 valence electrons. The first kappa shape index (κ1) is 27.0. The number of anilines is 2. The molecule has 0 spiro atoms. The molecule has 0 saturated heterocycles. The number of amides is 3. The molecular weight excluding hydrogens is 446 g/mol. The maximum atomic E-state index is 13.8. The van der Waals surface area contributed by atoms with Crippen molar-refractivity contribution in [3.05, 3.63) is 94.5 Å². The van der Waals surface area contributed by atoms with E-state index in [1.54, 1.807) is 23.9 Å². The van der Waals surface area contributed by atoms with Crippen molar-refractivity contribution < 1.29 is 9.59 Å². The van der Waals surface area contributed by atoms with Crippen molar-refractivity contribution in [1.29, 1.82) is 0 Å². The second kappa shape index (κ2) is 11.9. The fourth-order valence-electron chi connectivity index (χ4n) is 4.26. The standard InChI is InChI=1S/C31H39N3O2/c1-8-23-14-18-26(19-15-23)34(20-24-12-16-25(17-13-24)30(35)33(6)7)31(36)32-29-27(21(2)3)10-9-11-28(29)22(4)5/h9-19,21-22H,8,20H2,1-7H3,(H,32,36). The number of hydrogen-bond acceptors (Lipinski definition) is 2. The minimum absolute atomic E-state index is 0.0437. The number of nitrogens with zero attached hydrogens (tertiary/aromatic N) is 2. The molecule has 3 aromatic carbocycles. The Kier molecular flexibility index (Phi) is 8.92. The van der Waals surface area contributed by atoms with Crippen LogP contribution in [0.1, 0.15) is 79.1 Å². The van der Waals surface area contributed by atoms with Crippen LogP contribution in [0.5, 0.6) is 0 Å². The first-order valence-electron chi connectivity index (χ1n) is 12.7. The van der Waals surface area contributed by atoms with E-state index < -0.39 is 0 Å². The zero-order valence-corrected chi connectivity index (χ0v) is 22.6. The number of urea groups is 1. The van der Waals surface area contributed by atoms with Gasteiger partial charge in [-0.3, -0.25) is 9.69 Å². The van der Waals surface area contributed by atoms with Crippen LogP contribution in [0.25, 0.3) is 0 Å². The van der Waals surface area contributed by atoms with Gasteiger partial charge in [-0.15, -0.1) is 0 Å². The van der Waals surface area contributed by atoms with E-state index in [0.717, 1.165) is 34.5 Å². The van der Waals surface area contributed by atoms with Gasteiger partial charge in [0.2, 0.25) is 0 Å². The van der Waals surface area contributed by atoms with Gasteiger partial charge in [-0.2, -0.15) is 0 Å². The lowest BCUT2D eigenvalue weighted by Crippen LogP contribution is -2.35. The van der Waals surface area contributed by atoms with Crippen LogP contribution in [-0.4, -0.2) is 30.9 Å². The number of hydrogen-bond donors (Lipinski definition) is 1. The highest BCUT2D eigenvalue weighted by atomic mass is 16.2. The molecule has 0 saturated carbocycles. The van der Waals surface area contributed by atoms with Gasteiger partial charge in [-0.05, 0) is 64.8 Å². The summed E-state index contributed by atoms with van der Waals surface area (Å²) in [5, 5.41) is 3.26. The average molecular weight is 486 g/mol. The fraction of sp³-hybridized carbons (Fsp3) is 0.355. The molecule has 5 nitrogen and oxygen atoms in total. The number of nitrogens with one attached hydrogen (secondary N) is 1. The van der Waals surface area contributed by atoms with E-state index in [-0.39, 0.29) is 23.8 Å². The number of carbonyl (C=O) groups excluding carboxylic acids is 2. The Bertz CT molecular complexity index is 1150. The second-order valence-electron chi connectivity index (χ2n) is 10.1. The largest absolute Gasteiger partial charge is 0.345 e. The number of rotatable bonds is 8. The molecule has 0 atom stereocenters. The summed E-state index contributed by atoms with van der Waals surface area (Å²) in [6.45, 7) is 11.1. The number of para-hydroxylation sites is 1. The van der Waals surface area contributed by atoms with E-state index in [0.29, 0.717) is 12.1 Å². The molecule has 0 aromatic heterocycles. The minimum atomic E-state index is -0.178. The van der Waals surface area contributed by atoms with E-state index in [1.807, 2.05) is 36.4 Å². The molecule has 3 aromatic rings. The summed E-state index contributed by atoms with van der Waals surface area (Å²) < 4.78 is 0. The van der Waals surface area contributed by atoms with Crippen LogP contribution in [0.15, 0.2) is 66.7 Å². The van der Waals surface area contributed by atoms with Crippen molar-refractivity contribution >= 4 is 23.3 Å². The lowest BCUT2D eigenvalue weighted by Gasteiger charge is -2.27. The first-order chi connectivity index (χ1) is 17.1. The summed E-state index contributed by atoms with van der Waals surface area (Å²) in [5.41, 5.74) is 6.77. The summed E-state index contributed by atoms with van der Waals surface area (Å²) in [6.07, 6.45) is 0.938. The quantitative estimate of drug-likeness (QED) is 0.360. The van der Waals surface area contributed by atoms with Gasteiger partial charge in [-0.1, -0.05) is 77.1 Å². The highest BCUT2D eigenvalue weighted by molar-refractivity contribution is 6.02. The average Bonchev–Trinajstić information content (AvgIpc) is 2.87. The Morgan fingerprint density at radius 1 is 0.778 bits per heavy atom. The first-order valence-corrected chi connectivity index (χ1v) is 12.7. The van der Waals surface area contributed by atoms with E-state index in [2.05, 4.69) is 70.3 Å². The third-order valence-electron chi connectivity index (χ3n) is 6.45. The van der Waals surface area contributed by atoms with Gasteiger partial charge in [0.15, 0.2) is 0 Å². The van der Waals surface area contributed by atoms with Crippen LogP contribution in [0.2, 0.25) is 0 Å². The smallest absolute Gasteiger partial charge is 0.326 e. The van der Waals surface area contributed by atoms with Crippen molar-refractivity contribution in [2.75, 3.05) is 24.3 Å². The maximum Gasteiger partial charge on any atom is 0.326 e. The van der Waals surface area contributed by atoms with Crippen LogP contribution in [0, 0.1) is 0 Å². The third-order valence-corrected chi connectivity index (χ3v) is 6.45. The number of aryl methyl sites for hydroxylation is 1. The van der Waals surface area contributed by atoms with Gasteiger partial charge in [0.1, 0.15) is 0 Å². The van der Waals surface area contributed by atoms with Crippen LogP contribution in [0.3, 0.4) is 0 Å². The Labute approximate surface area is 216 Å². The Morgan fingerprint density at radius 2 is 1.31 bits per heavy atom. The molecule has 5 heteroatoms. The van der Waals surface area contributed by atoms with Crippen LogP contribution >= 0.6 is 0 Å². The summed E-state index contributed by atoms with van der Waals surface area (Å²) in [4.78, 5) is 29.5. The fourth-order valence-corrected chi connectivity index (χ4v) is 4.26. The summed E-state index contributed by atoms with van der Waals surface area (Å²) in [7, 11) is 3.48. The SMILES string of the molecule is CCc1ccc(N(Cc2ccc(C(=O)N(C)C)cc2)C(=O)Nc2c(C(C)C)cccc2C(C)C)cc1. The topological polar surface area (TPSA) is 52.7 Å². The molecule has 0 heterocycles. The van der Waals surface area contributed by atoms with Gasteiger partial charge in [0, 0.05) is 31.0 Å². The zero-order chi connectivity index (χ0) is 26.4. The Balaban J connectivity index is 1.97. The van der Waals surface area contributed by atoms with E-state index in [4.69, 9.17) is 0 Å². The minimum Gasteiger partial charge on any atom is -0.345 e.